The zero-order valence-electron chi connectivity index (χ0n) is 11.8. The highest BCUT2D eigenvalue weighted by Gasteiger charge is 2.40. The molecular weight excluding hydrogens is 262 g/mol. The molecule has 1 spiro atoms. The first-order chi connectivity index (χ1) is 9.77. The molecule has 0 radical (unpaired) electrons. The number of morpholine rings is 1. The predicted octanol–water partition coefficient (Wildman–Crippen LogP) is 0.548. The molecule has 0 unspecified atom stereocenters. The van der Waals surface area contributed by atoms with Gasteiger partial charge >= 0.3 is 0 Å². The summed E-state index contributed by atoms with van der Waals surface area (Å²) >= 11 is 0. The van der Waals surface area contributed by atoms with E-state index in [0.29, 0.717) is 39.5 Å². The summed E-state index contributed by atoms with van der Waals surface area (Å²) < 4.78 is 22.4. The summed E-state index contributed by atoms with van der Waals surface area (Å²) in [5.74, 6) is -0.282. The Morgan fingerprint density at radius 2 is 1.75 bits per heavy atom. The average molecular weight is 285 g/mol. The summed E-state index contributed by atoms with van der Waals surface area (Å²) in [6, 6.07) is 0. The molecule has 0 N–H and O–H groups in total. The van der Waals surface area contributed by atoms with E-state index < -0.39 is 0 Å². The lowest BCUT2D eigenvalue weighted by Gasteiger charge is -2.35. The minimum atomic E-state index is -0.353. The van der Waals surface area contributed by atoms with Gasteiger partial charge in [-0.25, -0.2) is 0 Å². The second-order valence-electron chi connectivity index (χ2n) is 5.61. The monoisotopic (exact) mass is 285 g/mol. The molecule has 0 atom stereocenters. The van der Waals surface area contributed by atoms with Crippen LogP contribution in [-0.4, -0.2) is 68.8 Å². The second kappa shape index (κ2) is 6.39. The van der Waals surface area contributed by atoms with Gasteiger partial charge in [0, 0.05) is 25.9 Å². The molecule has 1 aliphatic carbocycles. The van der Waals surface area contributed by atoms with E-state index in [9.17, 15) is 4.79 Å². The predicted molar refractivity (Wildman–Crippen MR) is 70.2 cm³/mol. The molecule has 0 bridgehead atoms. The first-order valence-corrected chi connectivity index (χ1v) is 7.52. The minimum Gasteiger partial charge on any atom is -0.378 e. The number of rotatable bonds is 3. The molecular formula is C14H23NO5. The molecule has 2 saturated heterocycles. The lowest BCUT2D eigenvalue weighted by molar-refractivity contribution is -0.192. The van der Waals surface area contributed by atoms with Crippen LogP contribution < -0.4 is 0 Å². The number of hydrogen-bond acceptors (Lipinski definition) is 5. The van der Waals surface area contributed by atoms with Crippen LogP contribution in [0.15, 0.2) is 0 Å². The van der Waals surface area contributed by atoms with Crippen molar-refractivity contribution >= 4 is 5.91 Å². The van der Waals surface area contributed by atoms with Gasteiger partial charge in [-0.3, -0.25) is 4.79 Å². The molecule has 6 nitrogen and oxygen atoms in total. The average Bonchev–Trinajstić information content (AvgIpc) is 2.96. The maximum atomic E-state index is 12.0. The third-order valence-corrected chi connectivity index (χ3v) is 4.31. The molecule has 3 rings (SSSR count). The van der Waals surface area contributed by atoms with Crippen LogP contribution in [0.5, 0.6) is 0 Å². The van der Waals surface area contributed by atoms with Crippen LogP contribution in [-0.2, 0) is 23.7 Å². The van der Waals surface area contributed by atoms with Crippen molar-refractivity contribution in [3.63, 3.8) is 0 Å². The Labute approximate surface area is 119 Å². The number of hydrogen-bond donors (Lipinski definition) is 0. The summed E-state index contributed by atoms with van der Waals surface area (Å²) in [6.07, 6.45) is 3.68. The number of nitrogens with zero attached hydrogens (tertiary/aromatic N) is 1. The van der Waals surface area contributed by atoms with Crippen molar-refractivity contribution in [2.45, 2.75) is 37.6 Å². The molecule has 1 amide bonds. The molecule has 6 heteroatoms. The summed E-state index contributed by atoms with van der Waals surface area (Å²) in [5.41, 5.74) is 0. The fourth-order valence-electron chi connectivity index (χ4n) is 3.08. The topological polar surface area (TPSA) is 57.2 Å². The smallest absolute Gasteiger partial charge is 0.248 e. The molecule has 2 aliphatic heterocycles. The number of carbonyl (C=O) groups is 1. The lowest BCUT2D eigenvalue weighted by atomic mass is 9.92. The Hall–Kier alpha value is -0.690. The van der Waals surface area contributed by atoms with Crippen LogP contribution in [0.3, 0.4) is 0 Å². The van der Waals surface area contributed by atoms with Crippen molar-refractivity contribution in [2.24, 2.45) is 0 Å². The van der Waals surface area contributed by atoms with Crippen molar-refractivity contribution in [1.29, 1.82) is 0 Å². The van der Waals surface area contributed by atoms with E-state index in [0.717, 1.165) is 25.7 Å². The zero-order valence-corrected chi connectivity index (χ0v) is 11.8. The standard InChI is InChI=1S/C14H23NO5/c16-13(15-5-7-17-8-6-15)11-18-12-1-3-14(4-2-12)19-9-10-20-14/h12H,1-11H2. The van der Waals surface area contributed by atoms with E-state index in [-0.39, 0.29) is 24.4 Å². The van der Waals surface area contributed by atoms with Gasteiger partial charge in [-0.05, 0) is 12.8 Å². The SMILES string of the molecule is O=C(COC1CCC2(CC1)OCCO2)N1CCOCC1. The van der Waals surface area contributed by atoms with Crippen molar-refractivity contribution in [1.82, 2.24) is 4.90 Å². The van der Waals surface area contributed by atoms with Crippen LogP contribution in [0.25, 0.3) is 0 Å². The summed E-state index contributed by atoms with van der Waals surface area (Å²) in [4.78, 5) is 13.8. The Kier molecular flexibility index (Phi) is 4.55. The van der Waals surface area contributed by atoms with Gasteiger partial charge in [0.25, 0.3) is 0 Å². The zero-order chi connectivity index (χ0) is 13.8. The highest BCUT2D eigenvalue weighted by atomic mass is 16.7. The lowest BCUT2D eigenvalue weighted by Crippen LogP contribution is -2.43. The summed E-state index contributed by atoms with van der Waals surface area (Å²) in [7, 11) is 0. The van der Waals surface area contributed by atoms with Gasteiger partial charge in [0.15, 0.2) is 5.79 Å². The van der Waals surface area contributed by atoms with E-state index in [2.05, 4.69) is 0 Å². The van der Waals surface area contributed by atoms with Gasteiger partial charge in [0.2, 0.25) is 5.91 Å². The van der Waals surface area contributed by atoms with E-state index in [4.69, 9.17) is 18.9 Å². The van der Waals surface area contributed by atoms with E-state index in [1.165, 1.54) is 0 Å². The van der Waals surface area contributed by atoms with Gasteiger partial charge in [0.05, 0.1) is 32.5 Å². The van der Waals surface area contributed by atoms with Gasteiger partial charge in [-0.1, -0.05) is 0 Å². The molecule has 2 heterocycles. The molecule has 3 fully saturated rings. The first kappa shape index (κ1) is 14.3. The van der Waals surface area contributed by atoms with E-state index >= 15 is 0 Å². The highest BCUT2D eigenvalue weighted by Crippen LogP contribution is 2.36. The Morgan fingerprint density at radius 1 is 1.10 bits per heavy atom. The van der Waals surface area contributed by atoms with Gasteiger partial charge in [-0.2, -0.15) is 0 Å². The van der Waals surface area contributed by atoms with Crippen LogP contribution in [0.2, 0.25) is 0 Å². The number of carbonyl (C=O) groups excluding carboxylic acids is 1. The Bertz CT molecular complexity index is 326. The normalized spacial score (nSPS) is 27.1. The quantitative estimate of drug-likeness (QED) is 0.758. The van der Waals surface area contributed by atoms with E-state index in [1.807, 2.05) is 4.90 Å². The molecule has 3 aliphatic rings. The molecule has 0 aromatic carbocycles. The van der Waals surface area contributed by atoms with Crippen molar-refractivity contribution < 1.29 is 23.7 Å². The van der Waals surface area contributed by atoms with Crippen molar-refractivity contribution in [3.05, 3.63) is 0 Å². The third-order valence-electron chi connectivity index (χ3n) is 4.31. The number of amides is 1. The van der Waals surface area contributed by atoms with Crippen LogP contribution >= 0.6 is 0 Å². The molecule has 114 valence electrons. The van der Waals surface area contributed by atoms with Gasteiger partial charge < -0.3 is 23.8 Å². The van der Waals surface area contributed by atoms with Gasteiger partial charge in [-0.15, -0.1) is 0 Å². The molecule has 0 aromatic heterocycles. The Balaban J connectivity index is 1.38. The van der Waals surface area contributed by atoms with E-state index in [1.54, 1.807) is 0 Å². The van der Waals surface area contributed by atoms with Gasteiger partial charge in [0.1, 0.15) is 6.61 Å². The fourth-order valence-corrected chi connectivity index (χ4v) is 3.08. The largest absolute Gasteiger partial charge is 0.378 e. The maximum Gasteiger partial charge on any atom is 0.248 e. The van der Waals surface area contributed by atoms with Crippen molar-refractivity contribution in [3.8, 4) is 0 Å². The fraction of sp³-hybridized carbons (Fsp3) is 0.929. The molecule has 20 heavy (non-hydrogen) atoms. The van der Waals surface area contributed by atoms with Crippen molar-refractivity contribution in [2.75, 3.05) is 46.1 Å². The third kappa shape index (κ3) is 3.31. The summed E-state index contributed by atoms with van der Waals surface area (Å²) in [5, 5.41) is 0. The molecule has 1 saturated carbocycles. The minimum absolute atomic E-state index is 0.0713. The molecule has 0 aromatic rings. The Morgan fingerprint density at radius 3 is 2.40 bits per heavy atom. The second-order valence-corrected chi connectivity index (χ2v) is 5.61. The van der Waals surface area contributed by atoms with Crippen LogP contribution in [0, 0.1) is 0 Å². The highest BCUT2D eigenvalue weighted by molar-refractivity contribution is 5.77. The number of ether oxygens (including phenoxy) is 4. The van der Waals surface area contributed by atoms with Crippen LogP contribution in [0.1, 0.15) is 25.7 Å². The summed E-state index contributed by atoms with van der Waals surface area (Å²) in [6.45, 7) is 4.19. The van der Waals surface area contributed by atoms with Crippen LogP contribution in [0.4, 0.5) is 0 Å². The maximum absolute atomic E-state index is 12.0. The first-order valence-electron chi connectivity index (χ1n) is 7.52.